The van der Waals surface area contributed by atoms with Crippen molar-refractivity contribution in [1.82, 2.24) is 4.90 Å². The Morgan fingerprint density at radius 2 is 2.00 bits per heavy atom. The third-order valence-electron chi connectivity index (χ3n) is 4.88. The summed E-state index contributed by atoms with van der Waals surface area (Å²) in [5, 5.41) is 16.5. The van der Waals surface area contributed by atoms with Crippen LogP contribution in [-0.4, -0.2) is 74.6 Å². The number of benzene rings is 1. The van der Waals surface area contributed by atoms with Gasteiger partial charge in [0.05, 0.1) is 30.5 Å². The number of carbonyl (C=O) groups excluding carboxylic acids is 1. The maximum atomic E-state index is 12.4. The molecule has 2 heterocycles. The van der Waals surface area contributed by atoms with E-state index in [1.165, 1.54) is 12.1 Å². The first-order valence-electron chi connectivity index (χ1n) is 8.20. The molecule has 1 aromatic rings. The molecular weight excluding hydrogens is 362 g/mol. The molecule has 0 unspecified atom stereocenters. The van der Waals surface area contributed by atoms with Gasteiger partial charge in [0.15, 0.2) is 9.84 Å². The smallest absolute Gasteiger partial charge is 0.290 e. The van der Waals surface area contributed by atoms with E-state index in [0.29, 0.717) is 26.3 Å². The van der Waals surface area contributed by atoms with Crippen molar-refractivity contribution in [2.45, 2.75) is 11.3 Å². The highest BCUT2D eigenvalue weighted by Crippen LogP contribution is 2.40. The number of nitrogens with zero attached hydrogens (tertiary/aromatic N) is 1. The summed E-state index contributed by atoms with van der Waals surface area (Å²) in [5.74, 6) is -0.228. The maximum absolute atomic E-state index is 12.4. The lowest BCUT2D eigenvalue weighted by atomic mass is 9.82. The van der Waals surface area contributed by atoms with E-state index in [1.807, 2.05) is 0 Å². The average molecular weight is 385 g/mol. The molecule has 0 saturated carbocycles. The van der Waals surface area contributed by atoms with Crippen molar-refractivity contribution in [2.24, 2.45) is 11.3 Å². The van der Waals surface area contributed by atoms with Crippen molar-refractivity contribution in [3.8, 4) is 0 Å². The minimum atomic E-state index is -3.45. The fourth-order valence-electron chi connectivity index (χ4n) is 3.37. The van der Waals surface area contributed by atoms with Crippen molar-refractivity contribution in [2.75, 3.05) is 38.7 Å². The van der Waals surface area contributed by atoms with Gasteiger partial charge in [-0.3, -0.25) is 9.59 Å². The SMILES string of the molecule is O=C(CCS(=O)(=O)c1ccccc1)N1C[C@H]2COC[C@@]2(CO)C1.O=CO. The van der Waals surface area contributed by atoms with Crippen molar-refractivity contribution < 1.29 is 33.0 Å². The number of aliphatic hydroxyl groups is 1. The molecule has 8 nitrogen and oxygen atoms in total. The summed E-state index contributed by atoms with van der Waals surface area (Å²) in [7, 11) is -3.45. The van der Waals surface area contributed by atoms with E-state index < -0.39 is 9.84 Å². The molecule has 2 N–H and O–H groups in total. The van der Waals surface area contributed by atoms with Crippen LogP contribution in [0.15, 0.2) is 35.2 Å². The number of fused-ring (bicyclic) bond motifs is 1. The lowest BCUT2D eigenvalue weighted by Gasteiger charge is -2.24. The van der Waals surface area contributed by atoms with Gasteiger partial charge < -0.3 is 19.8 Å². The Labute approximate surface area is 152 Å². The minimum Gasteiger partial charge on any atom is -0.483 e. The maximum Gasteiger partial charge on any atom is 0.290 e. The topological polar surface area (TPSA) is 121 Å². The van der Waals surface area contributed by atoms with Crippen LogP contribution in [0, 0.1) is 11.3 Å². The van der Waals surface area contributed by atoms with Gasteiger partial charge in [-0.15, -0.1) is 0 Å². The average Bonchev–Trinajstić information content (AvgIpc) is 3.19. The van der Waals surface area contributed by atoms with E-state index in [2.05, 4.69) is 0 Å². The second-order valence-corrected chi connectivity index (χ2v) is 8.60. The molecule has 144 valence electrons. The van der Waals surface area contributed by atoms with E-state index in [9.17, 15) is 18.3 Å². The van der Waals surface area contributed by atoms with Crippen LogP contribution in [-0.2, 0) is 24.2 Å². The van der Waals surface area contributed by atoms with Crippen molar-refractivity contribution in [1.29, 1.82) is 0 Å². The number of ether oxygens (including phenoxy) is 1. The van der Waals surface area contributed by atoms with Crippen LogP contribution in [0.5, 0.6) is 0 Å². The zero-order valence-corrected chi connectivity index (χ0v) is 15.1. The first-order chi connectivity index (χ1) is 12.4. The van der Waals surface area contributed by atoms with Gasteiger partial charge in [0.2, 0.25) is 5.91 Å². The number of carboxylic acid groups (broad SMARTS) is 1. The second-order valence-electron chi connectivity index (χ2n) is 6.49. The zero-order valence-electron chi connectivity index (χ0n) is 14.3. The number of aliphatic hydroxyl groups excluding tert-OH is 1. The van der Waals surface area contributed by atoms with Gasteiger partial charge in [-0.1, -0.05) is 18.2 Å². The summed E-state index contributed by atoms with van der Waals surface area (Å²) in [4.78, 5) is 22.6. The first-order valence-corrected chi connectivity index (χ1v) is 9.86. The van der Waals surface area contributed by atoms with E-state index in [4.69, 9.17) is 14.6 Å². The van der Waals surface area contributed by atoms with Gasteiger partial charge in [0.1, 0.15) is 0 Å². The zero-order chi connectivity index (χ0) is 19.2. The van der Waals surface area contributed by atoms with Gasteiger partial charge in [0, 0.05) is 30.8 Å². The number of sulfone groups is 1. The summed E-state index contributed by atoms with van der Waals surface area (Å²) >= 11 is 0. The highest BCUT2D eigenvalue weighted by Gasteiger charge is 2.51. The Hall–Kier alpha value is -1.97. The molecule has 0 aromatic heterocycles. The fourth-order valence-corrected chi connectivity index (χ4v) is 4.62. The fraction of sp³-hybridized carbons (Fsp3) is 0.529. The van der Waals surface area contributed by atoms with Gasteiger partial charge >= 0.3 is 0 Å². The van der Waals surface area contributed by atoms with Crippen LogP contribution in [0.25, 0.3) is 0 Å². The lowest BCUT2D eigenvalue weighted by molar-refractivity contribution is -0.130. The van der Waals surface area contributed by atoms with Gasteiger partial charge in [-0.2, -0.15) is 0 Å². The van der Waals surface area contributed by atoms with Crippen molar-refractivity contribution in [3.05, 3.63) is 30.3 Å². The number of rotatable bonds is 5. The lowest BCUT2D eigenvalue weighted by Crippen LogP contribution is -2.36. The molecule has 1 aromatic carbocycles. The van der Waals surface area contributed by atoms with Gasteiger partial charge in [-0.25, -0.2) is 8.42 Å². The highest BCUT2D eigenvalue weighted by atomic mass is 32.2. The predicted octanol–water partition coefficient (Wildman–Crippen LogP) is 0.0185. The number of amides is 1. The Bertz CT molecular complexity index is 722. The summed E-state index contributed by atoms with van der Waals surface area (Å²) in [6, 6.07) is 8.17. The van der Waals surface area contributed by atoms with Crippen molar-refractivity contribution >= 4 is 22.2 Å². The van der Waals surface area contributed by atoms with E-state index >= 15 is 0 Å². The van der Waals surface area contributed by atoms with Crippen LogP contribution in [0.1, 0.15) is 6.42 Å². The Balaban J connectivity index is 0.000000758. The number of likely N-dealkylation sites (tertiary alicyclic amines) is 1. The molecule has 9 heteroatoms. The Kier molecular flexibility index (Phi) is 6.74. The summed E-state index contributed by atoms with van der Waals surface area (Å²) in [6.45, 7) is 1.72. The standard InChI is InChI=1S/C16H21NO5S.CH2O2/c18-11-16-10-17(8-13(16)9-22-12-16)15(19)6-7-23(20,21)14-4-2-1-3-5-14;2-1-3/h1-5,13,18H,6-12H2;1H,(H,2,3)/t13-,16-;/m0./s1. The summed E-state index contributed by atoms with van der Waals surface area (Å²) in [6.07, 6.45) is -0.0354. The van der Waals surface area contributed by atoms with E-state index in [-0.39, 0.29) is 47.4 Å². The largest absolute Gasteiger partial charge is 0.483 e. The van der Waals surface area contributed by atoms with Crippen LogP contribution < -0.4 is 0 Å². The molecule has 26 heavy (non-hydrogen) atoms. The molecule has 2 saturated heterocycles. The van der Waals surface area contributed by atoms with Crippen molar-refractivity contribution in [3.63, 3.8) is 0 Å². The van der Waals surface area contributed by atoms with E-state index in [0.717, 1.165) is 0 Å². The minimum absolute atomic E-state index is 0.0102. The quantitative estimate of drug-likeness (QED) is 0.685. The predicted molar refractivity (Wildman–Crippen MR) is 92.2 cm³/mol. The molecule has 2 aliphatic rings. The molecule has 0 bridgehead atoms. The molecule has 0 spiro atoms. The number of hydrogen-bond acceptors (Lipinski definition) is 6. The molecular formula is C17H23NO7S. The monoisotopic (exact) mass is 385 g/mol. The third-order valence-corrected chi connectivity index (χ3v) is 6.61. The molecule has 2 aliphatic heterocycles. The second kappa shape index (κ2) is 8.61. The third kappa shape index (κ3) is 4.40. The number of carbonyl (C=O) groups is 2. The molecule has 3 rings (SSSR count). The molecule has 2 atom stereocenters. The Morgan fingerprint density at radius 1 is 1.35 bits per heavy atom. The molecule has 0 radical (unpaired) electrons. The van der Waals surface area contributed by atoms with Crippen LogP contribution >= 0.6 is 0 Å². The molecule has 2 fully saturated rings. The first kappa shape index (κ1) is 20.3. The van der Waals surface area contributed by atoms with Gasteiger partial charge in [0.25, 0.3) is 6.47 Å². The normalized spacial score (nSPS) is 24.5. The van der Waals surface area contributed by atoms with Crippen LogP contribution in [0.3, 0.4) is 0 Å². The highest BCUT2D eigenvalue weighted by molar-refractivity contribution is 7.91. The summed E-state index contributed by atoms with van der Waals surface area (Å²) < 4.78 is 29.9. The summed E-state index contributed by atoms with van der Waals surface area (Å²) in [5.41, 5.74) is -0.367. The van der Waals surface area contributed by atoms with E-state index in [1.54, 1.807) is 23.1 Å². The van der Waals surface area contributed by atoms with Crippen LogP contribution in [0.2, 0.25) is 0 Å². The number of hydrogen-bond donors (Lipinski definition) is 2. The molecule has 1 amide bonds. The van der Waals surface area contributed by atoms with Crippen LogP contribution in [0.4, 0.5) is 0 Å². The Morgan fingerprint density at radius 3 is 2.58 bits per heavy atom. The molecule has 0 aliphatic carbocycles. The van der Waals surface area contributed by atoms with Gasteiger partial charge in [-0.05, 0) is 12.1 Å².